The van der Waals surface area contributed by atoms with E-state index in [0.29, 0.717) is 12.1 Å². The van der Waals surface area contributed by atoms with Crippen LogP contribution in [-0.4, -0.2) is 22.0 Å². The van der Waals surface area contributed by atoms with E-state index in [1.165, 1.54) is 9.47 Å². The molecule has 0 spiro atoms. The first-order valence-corrected chi connectivity index (χ1v) is 9.18. The summed E-state index contributed by atoms with van der Waals surface area (Å²) < 4.78 is 2.22. The van der Waals surface area contributed by atoms with Gasteiger partial charge in [-0.2, -0.15) is 0 Å². The number of carbonyl (C=O) groups is 1. The maximum absolute atomic E-state index is 12.9. The average Bonchev–Trinajstić information content (AvgIpc) is 2.57. The zero-order valence-electron chi connectivity index (χ0n) is 14.2. The first-order valence-electron chi connectivity index (χ1n) is 8.10. The average molecular weight is 456 g/mol. The van der Waals surface area contributed by atoms with Crippen LogP contribution in [0, 0.1) is 3.57 Å². The van der Waals surface area contributed by atoms with Crippen molar-refractivity contribution in [1.82, 2.24) is 9.55 Å². The number of amides is 1. The summed E-state index contributed by atoms with van der Waals surface area (Å²) in [5.41, 5.74) is 5.35. The molecule has 7 nitrogen and oxygen atoms in total. The van der Waals surface area contributed by atoms with Crippen molar-refractivity contribution in [2.45, 2.75) is 33.2 Å². The molecule has 0 radical (unpaired) electrons. The van der Waals surface area contributed by atoms with Gasteiger partial charge in [-0.3, -0.25) is 19.1 Å². The van der Waals surface area contributed by atoms with E-state index >= 15 is 0 Å². The molecule has 8 heteroatoms. The third kappa shape index (κ3) is 4.12. The summed E-state index contributed by atoms with van der Waals surface area (Å²) in [6.07, 6.45) is 1.62. The van der Waals surface area contributed by atoms with E-state index in [0.717, 1.165) is 16.4 Å². The molecule has 0 aliphatic rings. The molecule has 2 rings (SSSR count). The molecule has 0 atom stereocenters. The molecule has 0 aliphatic carbocycles. The molecule has 1 aromatic carbocycles. The molecule has 2 aromatic rings. The minimum Gasteiger partial charge on any atom is -0.383 e. The lowest BCUT2D eigenvalue weighted by atomic mass is 10.2. The number of halogens is 1. The van der Waals surface area contributed by atoms with Crippen LogP contribution in [0.3, 0.4) is 0 Å². The number of rotatable bonds is 6. The number of carbonyl (C=O) groups excluding carboxylic acids is 1. The van der Waals surface area contributed by atoms with Gasteiger partial charge >= 0.3 is 5.69 Å². The summed E-state index contributed by atoms with van der Waals surface area (Å²) >= 11 is 2.12. The van der Waals surface area contributed by atoms with E-state index in [2.05, 4.69) is 27.6 Å². The number of nitrogen functional groups attached to an aromatic ring is 1. The highest BCUT2D eigenvalue weighted by atomic mass is 127. The Morgan fingerprint density at radius 2 is 2.04 bits per heavy atom. The molecule has 1 amide bonds. The second-order valence-corrected chi connectivity index (χ2v) is 6.80. The maximum Gasteiger partial charge on any atom is 0.330 e. The number of anilines is 2. The molecule has 1 aromatic heterocycles. The number of benzene rings is 1. The zero-order valence-corrected chi connectivity index (χ0v) is 16.4. The molecule has 1 heterocycles. The Bertz CT molecular complexity index is 888. The van der Waals surface area contributed by atoms with Gasteiger partial charge in [-0.1, -0.05) is 19.4 Å². The van der Waals surface area contributed by atoms with Gasteiger partial charge in [-0.15, -0.1) is 0 Å². The van der Waals surface area contributed by atoms with E-state index in [1.54, 1.807) is 25.1 Å². The van der Waals surface area contributed by atoms with E-state index in [4.69, 9.17) is 5.73 Å². The Labute approximate surface area is 159 Å². The molecule has 0 fully saturated rings. The van der Waals surface area contributed by atoms with E-state index in [1.807, 2.05) is 13.0 Å². The standard InChI is InChI=1S/C17H21IN4O3/c1-3-5-9-22-14(19)13(15(23)20-17(22)25)21(4-2)16(24)11-7-6-8-12(18)10-11/h6-8,10H,3-5,9,19H2,1-2H3,(H,20,23,25). The Hall–Kier alpha value is -2.10. The van der Waals surface area contributed by atoms with Crippen LogP contribution in [0.15, 0.2) is 33.9 Å². The van der Waals surface area contributed by atoms with Crippen molar-refractivity contribution >= 4 is 40.0 Å². The van der Waals surface area contributed by atoms with Crippen molar-refractivity contribution in [3.05, 3.63) is 54.2 Å². The minimum atomic E-state index is -0.656. The molecular weight excluding hydrogens is 435 g/mol. The molecule has 0 aliphatic heterocycles. The van der Waals surface area contributed by atoms with E-state index < -0.39 is 11.2 Å². The number of hydrogen-bond donors (Lipinski definition) is 2. The predicted molar refractivity (Wildman–Crippen MR) is 107 cm³/mol. The van der Waals surface area contributed by atoms with Crippen molar-refractivity contribution < 1.29 is 4.79 Å². The van der Waals surface area contributed by atoms with Crippen molar-refractivity contribution in [3.8, 4) is 0 Å². The van der Waals surface area contributed by atoms with Crippen molar-refractivity contribution in [1.29, 1.82) is 0 Å². The van der Waals surface area contributed by atoms with E-state index in [9.17, 15) is 14.4 Å². The number of nitrogens with two attached hydrogens (primary N) is 1. The quantitative estimate of drug-likeness (QED) is 0.651. The Morgan fingerprint density at radius 3 is 2.64 bits per heavy atom. The third-order valence-corrected chi connectivity index (χ3v) is 4.52. The number of aromatic amines is 1. The van der Waals surface area contributed by atoms with Gasteiger partial charge < -0.3 is 10.6 Å². The summed E-state index contributed by atoms with van der Waals surface area (Å²) in [5.74, 6) is -0.318. The van der Waals surface area contributed by atoms with Gasteiger partial charge in [-0.05, 0) is 54.1 Å². The summed E-state index contributed by atoms with van der Waals surface area (Å²) in [6.45, 7) is 4.39. The fourth-order valence-electron chi connectivity index (χ4n) is 2.56. The summed E-state index contributed by atoms with van der Waals surface area (Å²) in [7, 11) is 0. The molecule has 134 valence electrons. The Kier molecular flexibility index (Phi) is 6.40. The first-order chi connectivity index (χ1) is 11.9. The van der Waals surface area contributed by atoms with Crippen LogP contribution in [0.5, 0.6) is 0 Å². The molecular formula is C17H21IN4O3. The van der Waals surface area contributed by atoms with Crippen LogP contribution >= 0.6 is 22.6 Å². The van der Waals surface area contributed by atoms with Crippen molar-refractivity contribution in [2.75, 3.05) is 17.2 Å². The van der Waals surface area contributed by atoms with Gasteiger partial charge in [0, 0.05) is 22.2 Å². The van der Waals surface area contributed by atoms with Crippen LogP contribution in [0.2, 0.25) is 0 Å². The molecule has 0 bridgehead atoms. The Balaban J connectivity index is 2.55. The smallest absolute Gasteiger partial charge is 0.330 e. The van der Waals surface area contributed by atoms with Gasteiger partial charge in [-0.25, -0.2) is 4.79 Å². The summed E-state index contributed by atoms with van der Waals surface area (Å²) in [5, 5.41) is 0. The van der Waals surface area contributed by atoms with E-state index in [-0.39, 0.29) is 24.0 Å². The second kappa shape index (κ2) is 8.32. The lowest BCUT2D eigenvalue weighted by Crippen LogP contribution is -2.41. The van der Waals surface area contributed by atoms with Gasteiger partial charge in [0.25, 0.3) is 11.5 Å². The minimum absolute atomic E-state index is 0.0158. The lowest BCUT2D eigenvalue weighted by Gasteiger charge is -2.23. The normalized spacial score (nSPS) is 10.7. The number of aromatic nitrogens is 2. The van der Waals surface area contributed by atoms with Crippen LogP contribution in [0.1, 0.15) is 37.0 Å². The highest BCUT2D eigenvalue weighted by Crippen LogP contribution is 2.20. The van der Waals surface area contributed by atoms with Crippen LogP contribution in [0.25, 0.3) is 0 Å². The topological polar surface area (TPSA) is 101 Å². The van der Waals surface area contributed by atoms with Crippen LogP contribution in [0.4, 0.5) is 11.5 Å². The lowest BCUT2D eigenvalue weighted by molar-refractivity contribution is 0.0988. The fourth-order valence-corrected chi connectivity index (χ4v) is 3.10. The molecule has 0 saturated heterocycles. The zero-order chi connectivity index (χ0) is 18.6. The third-order valence-electron chi connectivity index (χ3n) is 3.85. The van der Waals surface area contributed by atoms with Gasteiger partial charge in [0.15, 0.2) is 5.69 Å². The number of nitrogens with one attached hydrogen (secondary N) is 1. The number of unbranched alkanes of at least 4 members (excludes halogenated alkanes) is 1. The Morgan fingerprint density at radius 1 is 1.32 bits per heavy atom. The van der Waals surface area contributed by atoms with Crippen LogP contribution < -0.4 is 21.9 Å². The highest BCUT2D eigenvalue weighted by Gasteiger charge is 2.24. The predicted octanol–water partition coefficient (Wildman–Crippen LogP) is 2.19. The molecule has 0 unspecified atom stereocenters. The number of nitrogens with zero attached hydrogens (tertiary/aromatic N) is 2. The number of H-pyrrole nitrogens is 1. The first kappa shape index (κ1) is 19.2. The fraction of sp³-hybridized carbons (Fsp3) is 0.353. The SMILES string of the molecule is CCCCn1c(N)c(N(CC)C(=O)c2cccc(I)c2)c(=O)[nH]c1=O. The van der Waals surface area contributed by atoms with Gasteiger partial charge in [0.2, 0.25) is 0 Å². The van der Waals surface area contributed by atoms with Gasteiger partial charge in [0.1, 0.15) is 5.82 Å². The summed E-state index contributed by atoms with van der Waals surface area (Å²) in [4.78, 5) is 40.8. The largest absolute Gasteiger partial charge is 0.383 e. The van der Waals surface area contributed by atoms with Crippen molar-refractivity contribution in [3.63, 3.8) is 0 Å². The highest BCUT2D eigenvalue weighted by molar-refractivity contribution is 14.1. The van der Waals surface area contributed by atoms with Crippen LogP contribution in [-0.2, 0) is 6.54 Å². The summed E-state index contributed by atoms with van der Waals surface area (Å²) in [6, 6.07) is 7.08. The number of hydrogen-bond acceptors (Lipinski definition) is 4. The second-order valence-electron chi connectivity index (χ2n) is 5.56. The van der Waals surface area contributed by atoms with Gasteiger partial charge in [0.05, 0.1) is 0 Å². The monoisotopic (exact) mass is 456 g/mol. The maximum atomic E-state index is 12.9. The van der Waals surface area contributed by atoms with Crippen molar-refractivity contribution in [2.24, 2.45) is 0 Å². The molecule has 0 saturated carbocycles. The molecule has 3 N–H and O–H groups in total. The molecule has 25 heavy (non-hydrogen) atoms.